The van der Waals surface area contributed by atoms with Gasteiger partial charge in [-0.05, 0) is 24.6 Å². The molecule has 0 bridgehead atoms. The van der Waals surface area contributed by atoms with Crippen LogP contribution in [0.15, 0.2) is 18.2 Å². The van der Waals surface area contributed by atoms with E-state index in [9.17, 15) is 4.79 Å². The van der Waals surface area contributed by atoms with Crippen molar-refractivity contribution in [3.8, 4) is 5.75 Å². The molecule has 21 heavy (non-hydrogen) atoms. The molecule has 2 aromatic rings. The molecule has 0 spiro atoms. The Morgan fingerprint density at radius 1 is 1.33 bits per heavy atom. The van der Waals surface area contributed by atoms with Crippen LogP contribution in [-0.4, -0.2) is 22.7 Å². The maximum atomic E-state index is 11.7. The molecule has 1 N–H and O–H groups in total. The highest BCUT2D eigenvalue weighted by Crippen LogP contribution is 2.27. The summed E-state index contributed by atoms with van der Waals surface area (Å²) in [5.41, 5.74) is 0. The maximum absolute atomic E-state index is 11.7. The third kappa shape index (κ3) is 4.84. The third-order valence-corrected chi connectivity index (χ3v) is 4.10. The lowest BCUT2D eigenvalue weighted by Gasteiger charge is -2.08. The second-order valence-corrected chi connectivity index (χ2v) is 6.07. The molecule has 0 aliphatic rings. The van der Waals surface area contributed by atoms with Crippen molar-refractivity contribution in [3.63, 3.8) is 0 Å². The van der Waals surface area contributed by atoms with E-state index in [-0.39, 0.29) is 12.5 Å². The molecular weight excluding hydrogens is 333 g/mol. The molecule has 1 aromatic heterocycles. The van der Waals surface area contributed by atoms with Gasteiger partial charge in [-0.1, -0.05) is 41.5 Å². The lowest BCUT2D eigenvalue weighted by atomic mass is 10.3. The summed E-state index contributed by atoms with van der Waals surface area (Å²) < 4.78 is 5.33. The summed E-state index contributed by atoms with van der Waals surface area (Å²) >= 11 is 13.2. The molecular formula is C13H13Cl2N3O2S. The molecule has 2 rings (SSSR count). The van der Waals surface area contributed by atoms with Crippen LogP contribution in [0.4, 0.5) is 0 Å². The monoisotopic (exact) mass is 345 g/mol. The number of nitrogens with one attached hydrogen (secondary N) is 1. The number of halogens is 2. The summed E-state index contributed by atoms with van der Waals surface area (Å²) in [6.45, 7) is 2.22. The molecule has 0 aliphatic carbocycles. The largest absolute Gasteiger partial charge is 0.482 e. The first-order valence-corrected chi connectivity index (χ1v) is 7.81. The van der Waals surface area contributed by atoms with Crippen molar-refractivity contribution in [1.82, 2.24) is 15.5 Å². The van der Waals surface area contributed by atoms with Gasteiger partial charge in [-0.15, -0.1) is 10.2 Å². The Hall–Kier alpha value is -1.37. The van der Waals surface area contributed by atoms with E-state index in [4.69, 9.17) is 27.9 Å². The zero-order valence-corrected chi connectivity index (χ0v) is 13.6. The van der Waals surface area contributed by atoms with Gasteiger partial charge in [0.05, 0.1) is 11.6 Å². The standard InChI is InChI=1S/C13H13Cl2N3O2S/c1-2-12-17-18-13(21-12)6-16-11(19)7-20-10-4-3-8(14)5-9(10)15/h3-5H,2,6-7H2,1H3,(H,16,19). The van der Waals surface area contributed by atoms with Crippen molar-refractivity contribution >= 4 is 40.4 Å². The van der Waals surface area contributed by atoms with E-state index in [0.29, 0.717) is 22.3 Å². The summed E-state index contributed by atoms with van der Waals surface area (Å²) in [4.78, 5) is 11.7. The summed E-state index contributed by atoms with van der Waals surface area (Å²) in [6.07, 6.45) is 0.837. The first-order valence-electron chi connectivity index (χ1n) is 6.24. The number of rotatable bonds is 6. The van der Waals surface area contributed by atoms with Crippen LogP contribution in [-0.2, 0) is 17.8 Å². The molecule has 0 saturated carbocycles. The summed E-state index contributed by atoms with van der Waals surface area (Å²) in [5, 5.41) is 13.3. The van der Waals surface area contributed by atoms with Gasteiger partial charge in [0, 0.05) is 5.02 Å². The molecule has 1 aromatic carbocycles. The molecule has 0 radical (unpaired) electrons. The van der Waals surface area contributed by atoms with Crippen LogP contribution < -0.4 is 10.1 Å². The Balaban J connectivity index is 1.79. The van der Waals surface area contributed by atoms with Crippen molar-refractivity contribution in [2.45, 2.75) is 19.9 Å². The number of aromatic nitrogens is 2. The van der Waals surface area contributed by atoms with E-state index in [1.54, 1.807) is 18.2 Å². The predicted molar refractivity (Wildman–Crippen MR) is 83.1 cm³/mol. The number of nitrogens with zero attached hydrogens (tertiary/aromatic N) is 2. The van der Waals surface area contributed by atoms with Crippen LogP contribution in [0, 0.1) is 0 Å². The van der Waals surface area contributed by atoms with E-state index in [0.717, 1.165) is 16.4 Å². The smallest absolute Gasteiger partial charge is 0.258 e. The van der Waals surface area contributed by atoms with E-state index >= 15 is 0 Å². The van der Waals surface area contributed by atoms with Gasteiger partial charge in [0.2, 0.25) is 0 Å². The number of hydrogen-bond acceptors (Lipinski definition) is 5. The van der Waals surface area contributed by atoms with E-state index in [1.807, 2.05) is 6.92 Å². The minimum atomic E-state index is -0.255. The van der Waals surface area contributed by atoms with Crippen molar-refractivity contribution in [2.24, 2.45) is 0 Å². The molecule has 0 unspecified atom stereocenters. The van der Waals surface area contributed by atoms with E-state index < -0.39 is 0 Å². The maximum Gasteiger partial charge on any atom is 0.258 e. The van der Waals surface area contributed by atoms with Crippen LogP contribution in [0.25, 0.3) is 0 Å². The van der Waals surface area contributed by atoms with Gasteiger partial charge in [0.15, 0.2) is 6.61 Å². The fourth-order valence-corrected chi connectivity index (χ4v) is 2.65. The molecule has 5 nitrogen and oxygen atoms in total. The number of hydrogen-bond donors (Lipinski definition) is 1. The first-order chi connectivity index (χ1) is 10.1. The Morgan fingerprint density at radius 2 is 2.10 bits per heavy atom. The second kappa shape index (κ2) is 7.59. The lowest BCUT2D eigenvalue weighted by Crippen LogP contribution is -2.28. The highest BCUT2D eigenvalue weighted by molar-refractivity contribution is 7.11. The van der Waals surface area contributed by atoms with Crippen molar-refractivity contribution in [1.29, 1.82) is 0 Å². The van der Waals surface area contributed by atoms with Gasteiger partial charge in [-0.3, -0.25) is 4.79 Å². The minimum Gasteiger partial charge on any atom is -0.482 e. The molecule has 8 heteroatoms. The minimum absolute atomic E-state index is 0.124. The molecule has 112 valence electrons. The zero-order chi connectivity index (χ0) is 15.2. The van der Waals surface area contributed by atoms with Crippen LogP contribution in [0.2, 0.25) is 10.0 Å². The lowest BCUT2D eigenvalue weighted by molar-refractivity contribution is -0.123. The average molecular weight is 346 g/mol. The number of amides is 1. The van der Waals surface area contributed by atoms with Gasteiger partial charge >= 0.3 is 0 Å². The van der Waals surface area contributed by atoms with Gasteiger partial charge < -0.3 is 10.1 Å². The number of ether oxygens (including phenoxy) is 1. The van der Waals surface area contributed by atoms with Crippen LogP contribution in [0.5, 0.6) is 5.75 Å². The Bertz CT molecular complexity index is 634. The zero-order valence-electron chi connectivity index (χ0n) is 11.2. The Labute approximate surface area is 136 Å². The van der Waals surface area contributed by atoms with Crippen LogP contribution in [0.3, 0.4) is 0 Å². The number of benzene rings is 1. The van der Waals surface area contributed by atoms with Crippen LogP contribution in [0.1, 0.15) is 16.9 Å². The Kier molecular flexibility index (Phi) is 5.78. The van der Waals surface area contributed by atoms with Gasteiger partial charge in [-0.2, -0.15) is 0 Å². The number of aryl methyl sites for hydroxylation is 1. The van der Waals surface area contributed by atoms with Crippen molar-refractivity contribution < 1.29 is 9.53 Å². The van der Waals surface area contributed by atoms with Crippen molar-refractivity contribution in [2.75, 3.05) is 6.61 Å². The fourth-order valence-electron chi connectivity index (χ4n) is 1.46. The third-order valence-electron chi connectivity index (χ3n) is 2.50. The summed E-state index contributed by atoms with van der Waals surface area (Å²) in [6, 6.07) is 4.83. The molecule has 1 heterocycles. The molecule has 0 saturated heterocycles. The summed E-state index contributed by atoms with van der Waals surface area (Å²) in [7, 11) is 0. The predicted octanol–water partition coefficient (Wildman–Crippen LogP) is 3.10. The SMILES string of the molecule is CCc1nnc(CNC(=O)COc2ccc(Cl)cc2Cl)s1. The number of carbonyl (C=O) groups excluding carboxylic acids is 1. The topological polar surface area (TPSA) is 64.1 Å². The van der Waals surface area contributed by atoms with E-state index in [2.05, 4.69) is 15.5 Å². The van der Waals surface area contributed by atoms with Gasteiger partial charge in [0.25, 0.3) is 5.91 Å². The number of carbonyl (C=O) groups is 1. The highest BCUT2D eigenvalue weighted by Gasteiger charge is 2.08. The molecule has 0 atom stereocenters. The quantitative estimate of drug-likeness (QED) is 0.873. The van der Waals surface area contributed by atoms with Crippen molar-refractivity contribution in [3.05, 3.63) is 38.3 Å². The van der Waals surface area contributed by atoms with Gasteiger partial charge in [-0.25, -0.2) is 0 Å². The van der Waals surface area contributed by atoms with Gasteiger partial charge in [0.1, 0.15) is 15.8 Å². The summed E-state index contributed by atoms with van der Waals surface area (Å²) in [5.74, 6) is 0.162. The molecule has 0 fully saturated rings. The molecule has 1 amide bonds. The highest BCUT2D eigenvalue weighted by atomic mass is 35.5. The molecule has 0 aliphatic heterocycles. The fraction of sp³-hybridized carbons (Fsp3) is 0.308. The van der Waals surface area contributed by atoms with E-state index in [1.165, 1.54) is 11.3 Å². The normalized spacial score (nSPS) is 10.4. The Morgan fingerprint density at radius 3 is 2.76 bits per heavy atom. The van der Waals surface area contributed by atoms with Crippen LogP contribution >= 0.6 is 34.5 Å². The first kappa shape index (κ1) is 16.0. The second-order valence-electron chi connectivity index (χ2n) is 4.08. The average Bonchev–Trinajstić information content (AvgIpc) is 2.92.